The number of H-pyrrole nitrogens is 1. The number of aromatic amines is 1. The highest BCUT2D eigenvalue weighted by Crippen LogP contribution is 2.22. The molecule has 0 aliphatic carbocycles. The largest absolute Gasteiger partial charge is 0.388 e. The quantitative estimate of drug-likeness (QED) is 0.436. The zero-order valence-corrected chi connectivity index (χ0v) is 8.99. The van der Waals surface area contributed by atoms with Gasteiger partial charge < -0.3 is 20.1 Å². The summed E-state index contributed by atoms with van der Waals surface area (Å²) in [6, 6.07) is 0. The van der Waals surface area contributed by atoms with Crippen molar-refractivity contribution in [2.24, 2.45) is 0 Å². The van der Waals surface area contributed by atoms with Crippen LogP contribution < -0.4 is 11.2 Å². The van der Waals surface area contributed by atoms with Crippen LogP contribution in [0.4, 0.5) is 4.39 Å². The molecule has 1 aliphatic heterocycles. The van der Waals surface area contributed by atoms with Gasteiger partial charge in [0.2, 0.25) is 5.82 Å². The molecular formula is C9H11FN2O6. The Hall–Kier alpha value is -1.55. The van der Waals surface area contributed by atoms with Crippen LogP contribution in [-0.2, 0) is 4.74 Å². The number of rotatable bonds is 1. The predicted octanol–water partition coefficient (Wildman–Crippen LogP) is -2.71. The van der Waals surface area contributed by atoms with Crippen molar-refractivity contribution in [2.45, 2.75) is 24.5 Å². The molecule has 0 bridgehead atoms. The SMILES string of the molecule is O=c1[nH]c(=O)n([C@H]2OC[C@H](O)[C@H](O)[C@@H]2O)cc1F. The van der Waals surface area contributed by atoms with E-state index < -0.39 is 41.6 Å². The van der Waals surface area contributed by atoms with Crippen LogP contribution in [0.15, 0.2) is 15.8 Å². The van der Waals surface area contributed by atoms with E-state index in [-0.39, 0.29) is 6.61 Å². The summed E-state index contributed by atoms with van der Waals surface area (Å²) in [6.45, 7) is -0.337. The Morgan fingerprint density at radius 3 is 2.67 bits per heavy atom. The van der Waals surface area contributed by atoms with Crippen LogP contribution in [0.2, 0.25) is 0 Å². The first-order valence-electron chi connectivity index (χ1n) is 5.08. The Kier molecular flexibility index (Phi) is 3.30. The number of nitrogens with one attached hydrogen (secondary N) is 1. The number of hydrogen-bond donors (Lipinski definition) is 4. The Labute approximate surface area is 98.9 Å². The lowest BCUT2D eigenvalue weighted by Gasteiger charge is -2.35. The topological polar surface area (TPSA) is 125 Å². The summed E-state index contributed by atoms with van der Waals surface area (Å²) in [5.41, 5.74) is -2.18. The average Bonchev–Trinajstić information content (AvgIpc) is 2.32. The van der Waals surface area contributed by atoms with Gasteiger partial charge in [0.15, 0.2) is 6.23 Å². The van der Waals surface area contributed by atoms with Gasteiger partial charge in [-0.2, -0.15) is 4.39 Å². The third-order valence-corrected chi connectivity index (χ3v) is 2.67. The highest BCUT2D eigenvalue weighted by molar-refractivity contribution is 4.92. The van der Waals surface area contributed by atoms with Gasteiger partial charge in [0.05, 0.1) is 12.8 Å². The molecule has 0 spiro atoms. The van der Waals surface area contributed by atoms with Crippen molar-refractivity contribution >= 4 is 0 Å². The first-order chi connectivity index (χ1) is 8.41. The number of ether oxygens (including phenoxy) is 1. The maximum Gasteiger partial charge on any atom is 0.330 e. The maximum atomic E-state index is 13.1. The van der Waals surface area contributed by atoms with E-state index in [1.54, 1.807) is 4.98 Å². The molecule has 4 N–H and O–H groups in total. The fourth-order valence-corrected chi connectivity index (χ4v) is 1.69. The van der Waals surface area contributed by atoms with E-state index in [9.17, 15) is 29.3 Å². The molecule has 8 nitrogen and oxygen atoms in total. The first kappa shape index (κ1) is 12.9. The minimum Gasteiger partial charge on any atom is -0.388 e. The second-order valence-electron chi connectivity index (χ2n) is 3.92. The minimum absolute atomic E-state index is 0.337. The first-order valence-corrected chi connectivity index (χ1v) is 5.08. The van der Waals surface area contributed by atoms with E-state index in [1.165, 1.54) is 0 Å². The number of hydrogen-bond acceptors (Lipinski definition) is 6. The number of nitrogens with zero attached hydrogens (tertiary/aromatic N) is 1. The fraction of sp³-hybridized carbons (Fsp3) is 0.556. The fourth-order valence-electron chi connectivity index (χ4n) is 1.69. The van der Waals surface area contributed by atoms with Crippen LogP contribution in [0.5, 0.6) is 0 Å². The number of aliphatic hydroxyl groups is 3. The molecule has 0 amide bonds. The van der Waals surface area contributed by atoms with Crippen molar-refractivity contribution in [1.82, 2.24) is 9.55 Å². The van der Waals surface area contributed by atoms with Gasteiger partial charge in [0, 0.05) is 0 Å². The van der Waals surface area contributed by atoms with Crippen molar-refractivity contribution < 1.29 is 24.4 Å². The van der Waals surface area contributed by atoms with Gasteiger partial charge in [-0.25, -0.2) is 4.79 Å². The van der Waals surface area contributed by atoms with Gasteiger partial charge in [-0.1, -0.05) is 0 Å². The Morgan fingerprint density at radius 1 is 1.33 bits per heavy atom. The van der Waals surface area contributed by atoms with Crippen molar-refractivity contribution in [3.8, 4) is 0 Å². The van der Waals surface area contributed by atoms with Gasteiger partial charge in [-0.15, -0.1) is 0 Å². The van der Waals surface area contributed by atoms with Crippen LogP contribution in [0.3, 0.4) is 0 Å². The molecule has 18 heavy (non-hydrogen) atoms. The molecule has 1 saturated heterocycles. The number of aromatic nitrogens is 2. The summed E-state index contributed by atoms with van der Waals surface area (Å²) in [5, 5.41) is 28.3. The molecule has 0 unspecified atom stereocenters. The molecule has 1 aromatic rings. The van der Waals surface area contributed by atoms with Gasteiger partial charge in [-0.3, -0.25) is 14.3 Å². The number of aliphatic hydroxyl groups excluding tert-OH is 3. The molecule has 1 fully saturated rings. The van der Waals surface area contributed by atoms with E-state index >= 15 is 0 Å². The van der Waals surface area contributed by atoms with Crippen molar-refractivity contribution in [1.29, 1.82) is 0 Å². The van der Waals surface area contributed by atoms with E-state index in [1.807, 2.05) is 0 Å². The lowest BCUT2D eigenvalue weighted by Crippen LogP contribution is -2.53. The molecule has 2 heterocycles. The third kappa shape index (κ3) is 2.08. The molecule has 0 radical (unpaired) electrons. The molecule has 1 aromatic heterocycles. The van der Waals surface area contributed by atoms with Crippen LogP contribution in [0.1, 0.15) is 6.23 Å². The zero-order chi connectivity index (χ0) is 13.4. The Balaban J connectivity index is 2.41. The third-order valence-electron chi connectivity index (χ3n) is 2.67. The van der Waals surface area contributed by atoms with Crippen LogP contribution in [0.25, 0.3) is 0 Å². The molecule has 0 aromatic carbocycles. The zero-order valence-electron chi connectivity index (χ0n) is 8.99. The van der Waals surface area contributed by atoms with E-state index in [2.05, 4.69) is 0 Å². The monoisotopic (exact) mass is 262 g/mol. The van der Waals surface area contributed by atoms with E-state index in [0.29, 0.717) is 10.8 Å². The van der Waals surface area contributed by atoms with Crippen molar-refractivity contribution in [3.63, 3.8) is 0 Å². The molecule has 4 atom stereocenters. The normalized spacial score (nSPS) is 32.4. The molecule has 0 saturated carbocycles. The lowest BCUT2D eigenvalue weighted by molar-refractivity contribution is -0.212. The summed E-state index contributed by atoms with van der Waals surface area (Å²) < 4.78 is 18.6. The Bertz CT molecular complexity index is 555. The number of halogens is 1. The smallest absolute Gasteiger partial charge is 0.330 e. The lowest BCUT2D eigenvalue weighted by atomic mass is 10.0. The van der Waals surface area contributed by atoms with E-state index in [4.69, 9.17) is 4.74 Å². The molecule has 1 aliphatic rings. The van der Waals surface area contributed by atoms with E-state index in [0.717, 1.165) is 0 Å². The second kappa shape index (κ2) is 4.61. The summed E-state index contributed by atoms with van der Waals surface area (Å²) >= 11 is 0. The van der Waals surface area contributed by atoms with Crippen molar-refractivity contribution in [3.05, 3.63) is 32.9 Å². The average molecular weight is 262 g/mol. The minimum atomic E-state index is -1.63. The summed E-state index contributed by atoms with van der Waals surface area (Å²) in [6.07, 6.45) is -5.29. The Morgan fingerprint density at radius 2 is 2.00 bits per heavy atom. The molecule has 9 heteroatoms. The predicted molar refractivity (Wildman–Crippen MR) is 54.3 cm³/mol. The van der Waals surface area contributed by atoms with Gasteiger partial charge in [-0.05, 0) is 0 Å². The van der Waals surface area contributed by atoms with Crippen LogP contribution in [-0.4, -0.2) is 49.8 Å². The molecule has 2 rings (SSSR count). The maximum absolute atomic E-state index is 13.1. The summed E-state index contributed by atoms with van der Waals surface area (Å²) in [5.74, 6) is -1.23. The summed E-state index contributed by atoms with van der Waals surface area (Å²) in [7, 11) is 0. The van der Waals surface area contributed by atoms with Gasteiger partial charge in [0.1, 0.15) is 18.3 Å². The highest BCUT2D eigenvalue weighted by Gasteiger charge is 2.39. The molecule has 100 valence electrons. The molecular weight excluding hydrogens is 251 g/mol. The highest BCUT2D eigenvalue weighted by atomic mass is 19.1. The van der Waals surface area contributed by atoms with Gasteiger partial charge in [0.25, 0.3) is 5.56 Å². The van der Waals surface area contributed by atoms with Crippen LogP contribution in [0, 0.1) is 5.82 Å². The summed E-state index contributed by atoms with van der Waals surface area (Å²) in [4.78, 5) is 24.0. The standard InChI is InChI=1S/C9H11FN2O6/c10-3-1-12(9(17)11-7(3)16)8-6(15)5(14)4(13)2-18-8/h1,4-6,8,13-15H,2H2,(H,11,16,17)/t4-,5-,6-,8-/m0/s1. The van der Waals surface area contributed by atoms with Gasteiger partial charge >= 0.3 is 5.69 Å². The van der Waals surface area contributed by atoms with Crippen LogP contribution >= 0.6 is 0 Å². The second-order valence-corrected chi connectivity index (χ2v) is 3.92. The van der Waals surface area contributed by atoms with Crippen molar-refractivity contribution in [2.75, 3.05) is 6.61 Å².